The summed E-state index contributed by atoms with van der Waals surface area (Å²) in [7, 11) is 1.68. The van der Waals surface area contributed by atoms with Crippen molar-refractivity contribution in [1.29, 1.82) is 0 Å². The van der Waals surface area contributed by atoms with Gasteiger partial charge in [0.15, 0.2) is 0 Å². The van der Waals surface area contributed by atoms with Crippen LogP contribution in [0.5, 0.6) is 0 Å². The van der Waals surface area contributed by atoms with E-state index in [1.807, 2.05) is 0 Å². The van der Waals surface area contributed by atoms with Gasteiger partial charge in [0.1, 0.15) is 11.8 Å². The zero-order valence-electron chi connectivity index (χ0n) is 10.7. The summed E-state index contributed by atoms with van der Waals surface area (Å²) in [5.74, 6) is 0. The highest BCUT2D eigenvalue weighted by Crippen LogP contribution is 2.21. The predicted octanol–water partition coefficient (Wildman–Crippen LogP) is 2.25. The molecule has 1 atom stereocenters. The Morgan fingerprint density at radius 2 is 2.11 bits per heavy atom. The summed E-state index contributed by atoms with van der Waals surface area (Å²) in [5, 5.41) is 14.2. The van der Waals surface area contributed by atoms with Gasteiger partial charge in [-0.15, -0.1) is 0 Å². The van der Waals surface area contributed by atoms with Crippen molar-refractivity contribution >= 4 is 11.6 Å². The maximum Gasteiger partial charge on any atom is 0.411 e. The van der Waals surface area contributed by atoms with Gasteiger partial charge in [-0.3, -0.25) is 4.68 Å². The lowest BCUT2D eigenvalue weighted by atomic mass is 10.1. The van der Waals surface area contributed by atoms with Crippen molar-refractivity contribution in [2.24, 2.45) is 7.05 Å². The van der Waals surface area contributed by atoms with E-state index in [-0.39, 0.29) is 19.4 Å². The monoisotopic (exact) mass is 300 g/mol. The van der Waals surface area contributed by atoms with Crippen LogP contribution < -0.4 is 0 Å². The molecule has 1 unspecified atom stereocenters. The molecule has 110 valence electrons. The summed E-state index contributed by atoms with van der Waals surface area (Å²) < 4.78 is 41.4. The number of aryl methyl sites for hydroxylation is 2. The molecule has 0 aliphatic carbocycles. The molecule has 0 radical (unpaired) electrons. The first-order valence-corrected chi connectivity index (χ1v) is 6.09. The Hall–Kier alpha value is -0.790. The van der Waals surface area contributed by atoms with Gasteiger partial charge in [0.25, 0.3) is 0 Å². The number of ether oxygens (including phenoxy) is 1. The molecule has 0 bridgehead atoms. The zero-order chi connectivity index (χ0) is 14.6. The fraction of sp³-hybridized carbons (Fsp3) is 0.727. The molecule has 0 aromatic carbocycles. The molecule has 0 fully saturated rings. The first-order chi connectivity index (χ1) is 8.70. The van der Waals surface area contributed by atoms with E-state index >= 15 is 0 Å². The third-order valence-corrected chi connectivity index (χ3v) is 3.04. The van der Waals surface area contributed by atoms with Crippen molar-refractivity contribution < 1.29 is 23.0 Å². The standard InChI is InChI=1S/C11H16ClF3N2O2/c1-7-9(10(12)17(2)16-7)5-8(18)3-4-19-6-11(13,14)15/h8,18H,3-6H2,1-2H3. The second kappa shape index (κ2) is 6.58. The lowest BCUT2D eigenvalue weighted by molar-refractivity contribution is -0.175. The van der Waals surface area contributed by atoms with Crippen LogP contribution in [0.2, 0.25) is 5.15 Å². The minimum absolute atomic E-state index is 0.112. The minimum Gasteiger partial charge on any atom is -0.393 e. The van der Waals surface area contributed by atoms with Crippen LogP contribution in [-0.2, 0) is 18.2 Å². The Labute approximate surface area is 114 Å². The highest BCUT2D eigenvalue weighted by atomic mass is 35.5. The van der Waals surface area contributed by atoms with Crippen LogP contribution in [-0.4, -0.2) is 40.4 Å². The molecular weight excluding hydrogens is 285 g/mol. The Morgan fingerprint density at radius 1 is 1.47 bits per heavy atom. The summed E-state index contributed by atoms with van der Waals surface area (Å²) in [6.07, 6.45) is -4.79. The maximum atomic E-state index is 11.8. The van der Waals surface area contributed by atoms with E-state index in [1.165, 1.54) is 4.68 Å². The van der Waals surface area contributed by atoms with Crippen LogP contribution in [0.15, 0.2) is 0 Å². The van der Waals surface area contributed by atoms with Gasteiger partial charge in [-0.25, -0.2) is 0 Å². The summed E-state index contributed by atoms with van der Waals surface area (Å²) >= 11 is 5.99. The summed E-state index contributed by atoms with van der Waals surface area (Å²) in [6.45, 7) is 0.304. The van der Waals surface area contributed by atoms with Crippen LogP contribution in [0.3, 0.4) is 0 Å². The zero-order valence-corrected chi connectivity index (χ0v) is 11.4. The molecule has 1 rings (SSSR count). The van der Waals surface area contributed by atoms with Crippen molar-refractivity contribution in [2.75, 3.05) is 13.2 Å². The number of aromatic nitrogens is 2. The fourth-order valence-electron chi connectivity index (χ4n) is 1.65. The molecule has 0 saturated carbocycles. The second-order valence-corrected chi connectivity index (χ2v) is 4.65. The maximum absolute atomic E-state index is 11.8. The fourth-order valence-corrected chi connectivity index (χ4v) is 1.90. The van der Waals surface area contributed by atoms with Crippen LogP contribution in [0.1, 0.15) is 17.7 Å². The number of aliphatic hydroxyl groups excluding tert-OH is 1. The molecule has 19 heavy (non-hydrogen) atoms. The smallest absolute Gasteiger partial charge is 0.393 e. The molecule has 1 heterocycles. The topological polar surface area (TPSA) is 47.3 Å². The van der Waals surface area contributed by atoms with Crippen molar-refractivity contribution in [3.8, 4) is 0 Å². The summed E-state index contributed by atoms with van der Waals surface area (Å²) in [4.78, 5) is 0. The number of hydrogen-bond donors (Lipinski definition) is 1. The van der Waals surface area contributed by atoms with E-state index in [0.29, 0.717) is 16.4 Å². The van der Waals surface area contributed by atoms with E-state index in [4.69, 9.17) is 11.6 Å². The Balaban J connectivity index is 2.37. The summed E-state index contributed by atoms with van der Waals surface area (Å²) in [5.41, 5.74) is 1.40. The number of aliphatic hydroxyl groups is 1. The quantitative estimate of drug-likeness (QED) is 0.820. The van der Waals surface area contributed by atoms with E-state index in [9.17, 15) is 18.3 Å². The number of alkyl halides is 3. The first kappa shape index (κ1) is 16.3. The molecule has 8 heteroatoms. The SMILES string of the molecule is Cc1nn(C)c(Cl)c1CC(O)CCOCC(F)(F)F. The third-order valence-electron chi connectivity index (χ3n) is 2.57. The van der Waals surface area contributed by atoms with Crippen LogP contribution in [0.4, 0.5) is 13.2 Å². The first-order valence-electron chi connectivity index (χ1n) is 5.71. The molecule has 0 aliphatic heterocycles. The van der Waals surface area contributed by atoms with Gasteiger partial charge in [-0.1, -0.05) is 11.6 Å². The van der Waals surface area contributed by atoms with Crippen molar-refractivity contribution in [1.82, 2.24) is 9.78 Å². The highest BCUT2D eigenvalue weighted by Gasteiger charge is 2.27. The number of rotatable bonds is 6. The summed E-state index contributed by atoms with van der Waals surface area (Å²) in [6, 6.07) is 0. The predicted molar refractivity (Wildman–Crippen MR) is 64.2 cm³/mol. The third kappa shape index (κ3) is 5.38. The molecule has 0 saturated heterocycles. The Kier molecular flexibility index (Phi) is 5.64. The Bertz CT molecular complexity index is 421. The van der Waals surface area contributed by atoms with E-state index in [1.54, 1.807) is 14.0 Å². The van der Waals surface area contributed by atoms with E-state index in [2.05, 4.69) is 9.84 Å². The van der Waals surface area contributed by atoms with Crippen molar-refractivity contribution in [2.45, 2.75) is 32.0 Å². The normalized spacial score (nSPS) is 13.8. The molecule has 4 nitrogen and oxygen atoms in total. The van der Waals surface area contributed by atoms with Crippen molar-refractivity contribution in [3.05, 3.63) is 16.4 Å². The van der Waals surface area contributed by atoms with E-state index in [0.717, 1.165) is 0 Å². The van der Waals surface area contributed by atoms with Gasteiger partial charge < -0.3 is 9.84 Å². The lowest BCUT2D eigenvalue weighted by Crippen LogP contribution is -2.20. The van der Waals surface area contributed by atoms with Gasteiger partial charge in [-0.05, 0) is 13.3 Å². The number of hydrogen-bond acceptors (Lipinski definition) is 3. The van der Waals surface area contributed by atoms with Gasteiger partial charge in [0, 0.05) is 25.6 Å². The number of halogens is 4. The molecule has 1 aromatic rings. The molecule has 1 aromatic heterocycles. The highest BCUT2D eigenvalue weighted by molar-refractivity contribution is 6.30. The van der Waals surface area contributed by atoms with Crippen LogP contribution in [0.25, 0.3) is 0 Å². The number of nitrogens with zero attached hydrogens (tertiary/aromatic N) is 2. The molecule has 0 amide bonds. The molecule has 0 spiro atoms. The minimum atomic E-state index is -4.34. The van der Waals surface area contributed by atoms with Gasteiger partial charge >= 0.3 is 6.18 Å². The molecular formula is C11H16ClF3N2O2. The largest absolute Gasteiger partial charge is 0.411 e. The second-order valence-electron chi connectivity index (χ2n) is 4.29. The average molecular weight is 301 g/mol. The van der Waals surface area contributed by atoms with Crippen LogP contribution in [0, 0.1) is 6.92 Å². The van der Waals surface area contributed by atoms with Gasteiger partial charge in [-0.2, -0.15) is 18.3 Å². The van der Waals surface area contributed by atoms with E-state index < -0.39 is 18.9 Å². The van der Waals surface area contributed by atoms with Crippen LogP contribution >= 0.6 is 11.6 Å². The van der Waals surface area contributed by atoms with Gasteiger partial charge in [0.2, 0.25) is 0 Å². The average Bonchev–Trinajstić information content (AvgIpc) is 2.50. The molecule has 1 N–H and O–H groups in total. The Morgan fingerprint density at radius 3 is 2.58 bits per heavy atom. The lowest BCUT2D eigenvalue weighted by Gasteiger charge is -2.12. The van der Waals surface area contributed by atoms with Crippen molar-refractivity contribution in [3.63, 3.8) is 0 Å². The van der Waals surface area contributed by atoms with Gasteiger partial charge in [0.05, 0.1) is 11.8 Å². The molecule has 0 aliphatic rings.